The normalized spacial score (nSPS) is 10.6. The topological polar surface area (TPSA) is 129 Å². The summed E-state index contributed by atoms with van der Waals surface area (Å²) < 4.78 is 5.41. The van der Waals surface area contributed by atoms with Crippen molar-refractivity contribution in [1.82, 2.24) is 0 Å². The first-order valence-corrected chi connectivity index (χ1v) is 8.34. The summed E-state index contributed by atoms with van der Waals surface area (Å²) in [6.45, 7) is 2.76. The van der Waals surface area contributed by atoms with Gasteiger partial charge in [-0.1, -0.05) is 17.3 Å². The number of carbonyl (C=O) groups is 2. The summed E-state index contributed by atoms with van der Waals surface area (Å²) in [5, 5.41) is 30.2. The average Bonchev–Trinajstić information content (AvgIpc) is 2.66. The molecule has 8 heteroatoms. The van der Waals surface area contributed by atoms with E-state index >= 15 is 0 Å². The van der Waals surface area contributed by atoms with Crippen LogP contribution in [0.1, 0.15) is 38.8 Å². The van der Waals surface area contributed by atoms with Gasteiger partial charge in [-0.05, 0) is 43.7 Å². The Labute approximate surface area is 161 Å². The number of nitrogens with one attached hydrogen (secondary N) is 1. The molecular formula is C20H20N2O6. The molecule has 146 valence electrons. The predicted octanol–water partition coefficient (Wildman–Crippen LogP) is 3.20. The van der Waals surface area contributed by atoms with Gasteiger partial charge in [0, 0.05) is 18.2 Å². The number of oxime groups is 1. The lowest BCUT2D eigenvalue weighted by atomic mass is 10.1. The third-order valence-corrected chi connectivity index (χ3v) is 3.88. The first kappa shape index (κ1) is 20.6. The van der Waals surface area contributed by atoms with E-state index in [4.69, 9.17) is 20.1 Å². The van der Waals surface area contributed by atoms with E-state index in [1.54, 1.807) is 25.1 Å². The highest BCUT2D eigenvalue weighted by Crippen LogP contribution is 2.30. The van der Waals surface area contributed by atoms with Gasteiger partial charge in [-0.15, -0.1) is 0 Å². The van der Waals surface area contributed by atoms with Crippen LogP contribution in [-0.2, 0) is 11.3 Å². The van der Waals surface area contributed by atoms with Crippen LogP contribution in [0.2, 0.25) is 0 Å². The maximum absolute atomic E-state index is 11.4. The second-order valence-corrected chi connectivity index (χ2v) is 5.94. The van der Waals surface area contributed by atoms with Crippen LogP contribution in [0.5, 0.6) is 11.5 Å². The fourth-order valence-corrected chi connectivity index (χ4v) is 2.32. The molecule has 0 aliphatic carbocycles. The molecule has 0 saturated carbocycles. The Kier molecular flexibility index (Phi) is 6.86. The Balaban J connectivity index is 1.83. The number of ether oxygens (including phenoxy) is 1. The van der Waals surface area contributed by atoms with Crippen molar-refractivity contribution in [3.05, 3.63) is 58.7 Å². The molecule has 0 aliphatic rings. The number of nitrogens with zero attached hydrogens (tertiary/aromatic N) is 1. The number of benzene rings is 2. The number of ketones is 1. The molecule has 0 fully saturated rings. The van der Waals surface area contributed by atoms with Crippen LogP contribution < -0.4 is 4.74 Å². The highest BCUT2D eigenvalue weighted by molar-refractivity contribution is 5.97. The molecule has 0 amide bonds. The van der Waals surface area contributed by atoms with Gasteiger partial charge in [0.25, 0.3) is 5.90 Å². The number of phenolic OH excluding ortho intramolecular Hbond substituents is 1. The Morgan fingerprint density at radius 3 is 2.46 bits per heavy atom. The summed E-state index contributed by atoms with van der Waals surface area (Å²) in [6.07, 6.45) is 1.86. The van der Waals surface area contributed by atoms with E-state index in [0.29, 0.717) is 17.7 Å². The van der Waals surface area contributed by atoms with Gasteiger partial charge < -0.3 is 19.8 Å². The zero-order valence-corrected chi connectivity index (χ0v) is 15.4. The number of phenols is 1. The molecular weight excluding hydrogens is 364 g/mol. The van der Waals surface area contributed by atoms with E-state index in [1.165, 1.54) is 31.3 Å². The highest BCUT2D eigenvalue weighted by Gasteiger charge is 2.13. The molecule has 2 aromatic rings. The van der Waals surface area contributed by atoms with Crippen molar-refractivity contribution >= 4 is 23.9 Å². The summed E-state index contributed by atoms with van der Waals surface area (Å²) in [7, 11) is 0. The van der Waals surface area contributed by atoms with E-state index in [-0.39, 0.29) is 35.2 Å². The molecule has 8 nitrogen and oxygen atoms in total. The van der Waals surface area contributed by atoms with Gasteiger partial charge in [-0.3, -0.25) is 10.2 Å². The van der Waals surface area contributed by atoms with Crippen molar-refractivity contribution in [1.29, 1.82) is 5.41 Å². The van der Waals surface area contributed by atoms with Crippen LogP contribution in [0, 0.1) is 12.3 Å². The van der Waals surface area contributed by atoms with Crippen molar-refractivity contribution in [2.45, 2.75) is 20.3 Å². The number of carboxylic acid groups (broad SMARTS) is 1. The second-order valence-electron chi connectivity index (χ2n) is 5.94. The molecule has 0 atom stereocenters. The third-order valence-electron chi connectivity index (χ3n) is 3.88. The minimum atomic E-state index is -0.989. The van der Waals surface area contributed by atoms with Gasteiger partial charge in [-0.2, -0.15) is 0 Å². The van der Waals surface area contributed by atoms with Crippen LogP contribution in [-0.4, -0.2) is 40.7 Å². The maximum Gasteiger partial charge on any atom is 0.335 e. The fraction of sp³-hybridized carbons (Fsp3) is 0.200. The first-order chi connectivity index (χ1) is 13.3. The van der Waals surface area contributed by atoms with Crippen molar-refractivity contribution in [2.75, 3.05) is 6.61 Å². The first-order valence-electron chi connectivity index (χ1n) is 8.34. The van der Waals surface area contributed by atoms with Crippen LogP contribution >= 0.6 is 0 Å². The summed E-state index contributed by atoms with van der Waals surface area (Å²) in [5.41, 5.74) is 1.65. The zero-order valence-electron chi connectivity index (χ0n) is 15.4. The van der Waals surface area contributed by atoms with Crippen LogP contribution in [0.4, 0.5) is 0 Å². The van der Waals surface area contributed by atoms with Gasteiger partial charge in [0.1, 0.15) is 11.5 Å². The average molecular weight is 384 g/mol. The van der Waals surface area contributed by atoms with E-state index in [0.717, 1.165) is 5.56 Å². The third kappa shape index (κ3) is 5.41. The van der Waals surface area contributed by atoms with E-state index in [2.05, 4.69) is 5.16 Å². The smallest absolute Gasteiger partial charge is 0.335 e. The molecule has 0 aromatic heterocycles. The van der Waals surface area contributed by atoms with E-state index in [9.17, 15) is 14.7 Å². The summed E-state index contributed by atoms with van der Waals surface area (Å²) >= 11 is 0. The number of hydrogen-bond donors (Lipinski definition) is 3. The van der Waals surface area contributed by atoms with Gasteiger partial charge in [0.2, 0.25) is 0 Å². The highest BCUT2D eigenvalue weighted by atomic mass is 16.6. The number of carbonyl (C=O) groups excluding carboxylic acids is 1. The lowest BCUT2D eigenvalue weighted by Gasteiger charge is -2.11. The molecule has 0 aliphatic heterocycles. The van der Waals surface area contributed by atoms with Crippen LogP contribution in [0.3, 0.4) is 0 Å². The SMILES string of the molecule is CC(=O)c1ccc(OCC(=N)O/N=C/Cc2ccc(C(=O)O)cc2)c(C)c1O. The number of aromatic carboxylic acids is 1. The Morgan fingerprint density at radius 2 is 1.86 bits per heavy atom. The number of rotatable bonds is 8. The summed E-state index contributed by atoms with van der Waals surface area (Å²) in [5.74, 6) is -1.30. The minimum Gasteiger partial charge on any atom is -0.507 e. The Bertz CT molecular complexity index is 919. The number of hydrogen-bond acceptors (Lipinski definition) is 7. The monoisotopic (exact) mass is 384 g/mol. The van der Waals surface area contributed by atoms with Gasteiger partial charge in [0.15, 0.2) is 12.4 Å². The lowest BCUT2D eigenvalue weighted by Crippen LogP contribution is -2.12. The van der Waals surface area contributed by atoms with Gasteiger partial charge in [0.05, 0.1) is 11.1 Å². The lowest BCUT2D eigenvalue weighted by molar-refractivity contribution is 0.0696. The van der Waals surface area contributed by atoms with Gasteiger partial charge in [-0.25, -0.2) is 4.79 Å². The number of aromatic hydroxyl groups is 1. The van der Waals surface area contributed by atoms with Crippen molar-refractivity contribution in [2.24, 2.45) is 5.16 Å². The molecule has 0 unspecified atom stereocenters. The molecule has 2 aromatic carbocycles. The standard InChI is InChI=1S/C20H20N2O6/c1-12-17(8-7-16(13(2)23)19(12)24)27-11-18(21)28-22-10-9-14-3-5-15(6-4-14)20(25)26/h3-8,10,21,24H,9,11H2,1-2H3,(H,25,26)/b21-18?,22-10+. The number of Topliss-reactive ketones (excluding diaryl/α,β-unsaturated/α-hetero) is 1. The van der Waals surface area contributed by atoms with E-state index in [1.807, 2.05) is 0 Å². The second kappa shape index (κ2) is 9.31. The Hall–Kier alpha value is -3.68. The molecule has 0 saturated heterocycles. The molecule has 0 radical (unpaired) electrons. The molecule has 0 spiro atoms. The molecule has 28 heavy (non-hydrogen) atoms. The largest absolute Gasteiger partial charge is 0.507 e. The van der Waals surface area contributed by atoms with Crippen molar-refractivity contribution in [3.8, 4) is 11.5 Å². The minimum absolute atomic E-state index is 0.149. The molecule has 0 bridgehead atoms. The predicted molar refractivity (Wildman–Crippen MR) is 103 cm³/mol. The zero-order chi connectivity index (χ0) is 20.7. The number of carboxylic acids is 1. The summed E-state index contributed by atoms with van der Waals surface area (Å²) in [6, 6.07) is 9.34. The molecule has 3 N–H and O–H groups in total. The van der Waals surface area contributed by atoms with Gasteiger partial charge >= 0.3 is 5.97 Å². The summed E-state index contributed by atoms with van der Waals surface area (Å²) in [4.78, 5) is 27.1. The Morgan fingerprint density at radius 1 is 1.18 bits per heavy atom. The van der Waals surface area contributed by atoms with Crippen molar-refractivity contribution < 1.29 is 29.4 Å². The fourth-order valence-electron chi connectivity index (χ4n) is 2.32. The van der Waals surface area contributed by atoms with Crippen molar-refractivity contribution in [3.63, 3.8) is 0 Å². The quantitative estimate of drug-likeness (QED) is 0.277. The molecule has 0 heterocycles. The maximum atomic E-state index is 11.4. The molecule has 2 rings (SSSR count). The van der Waals surface area contributed by atoms with Crippen LogP contribution in [0.25, 0.3) is 0 Å². The van der Waals surface area contributed by atoms with Crippen LogP contribution in [0.15, 0.2) is 41.6 Å². The van der Waals surface area contributed by atoms with E-state index < -0.39 is 5.97 Å².